The van der Waals surface area contributed by atoms with Gasteiger partial charge < -0.3 is 14.8 Å². The number of hydrogen-bond donors (Lipinski definition) is 1. The van der Waals surface area contributed by atoms with Crippen LogP contribution in [-0.2, 0) is 4.74 Å². The number of anilines is 1. The highest BCUT2D eigenvalue weighted by Gasteiger charge is 2.16. The largest absolute Gasteiger partial charge is 0.492 e. The van der Waals surface area contributed by atoms with Gasteiger partial charge in [0, 0.05) is 41.7 Å². The number of nitrogens with zero attached hydrogens (tertiary/aromatic N) is 1. The van der Waals surface area contributed by atoms with E-state index in [1.54, 1.807) is 0 Å². The summed E-state index contributed by atoms with van der Waals surface area (Å²) in [5.41, 5.74) is 5.06. The van der Waals surface area contributed by atoms with E-state index in [4.69, 9.17) is 9.47 Å². The minimum absolute atomic E-state index is 0.119. The number of carbonyl (C=O) groups excluding carboxylic acids is 1. The van der Waals surface area contributed by atoms with Crippen molar-refractivity contribution in [1.29, 1.82) is 0 Å². The molecule has 1 aliphatic heterocycles. The normalized spacial score (nSPS) is 16.6. The summed E-state index contributed by atoms with van der Waals surface area (Å²) in [4.78, 5) is 15.7. The Balaban J connectivity index is 1.15. The second kappa shape index (κ2) is 12.7. The Morgan fingerprint density at radius 2 is 1.60 bits per heavy atom. The fourth-order valence-corrected chi connectivity index (χ4v) is 6.03. The Morgan fingerprint density at radius 1 is 0.825 bits per heavy atom. The zero-order chi connectivity index (χ0) is 27.1. The van der Waals surface area contributed by atoms with E-state index in [0.717, 1.165) is 66.2 Å². The monoisotopic (exact) mass is 534 g/mol. The maximum Gasteiger partial charge on any atom is 0.255 e. The van der Waals surface area contributed by atoms with Crippen molar-refractivity contribution in [3.63, 3.8) is 0 Å². The van der Waals surface area contributed by atoms with Crippen LogP contribution >= 0.6 is 0 Å². The van der Waals surface area contributed by atoms with Gasteiger partial charge in [-0.05, 0) is 59.7 Å². The van der Waals surface area contributed by atoms with E-state index < -0.39 is 0 Å². The predicted octanol–water partition coefficient (Wildman–Crippen LogP) is 7.52. The van der Waals surface area contributed by atoms with Gasteiger partial charge in [-0.3, -0.25) is 9.69 Å². The van der Waals surface area contributed by atoms with Crippen molar-refractivity contribution in [1.82, 2.24) is 4.90 Å². The van der Waals surface area contributed by atoms with Crippen molar-refractivity contribution >= 4 is 22.4 Å². The van der Waals surface area contributed by atoms with Crippen LogP contribution in [-0.4, -0.2) is 50.3 Å². The number of fused-ring (bicyclic) bond motifs is 1. The van der Waals surface area contributed by atoms with Crippen LogP contribution < -0.4 is 10.1 Å². The van der Waals surface area contributed by atoms with Gasteiger partial charge in [-0.15, -0.1) is 0 Å². The Hall–Kier alpha value is -3.67. The summed E-state index contributed by atoms with van der Waals surface area (Å²) in [6.07, 6.45) is 6.63. The molecule has 1 aliphatic carbocycles. The molecule has 1 heterocycles. The Bertz CT molecular complexity index is 1440. The van der Waals surface area contributed by atoms with Gasteiger partial charge in [-0.25, -0.2) is 0 Å². The molecule has 4 aromatic rings. The molecule has 0 aromatic heterocycles. The van der Waals surface area contributed by atoms with Crippen LogP contribution in [0.4, 0.5) is 5.69 Å². The third-order valence-corrected chi connectivity index (χ3v) is 8.35. The number of nitrogens with one attached hydrogen (secondary N) is 1. The third-order valence-electron chi connectivity index (χ3n) is 8.35. The molecule has 40 heavy (non-hydrogen) atoms. The Morgan fingerprint density at radius 3 is 2.40 bits per heavy atom. The SMILES string of the molecule is O=C(Nc1ccc(OCCN2CCOCC2)c2ccccc12)c1cccc(-c2ccc(C3CCCCC3)cc2)c1. The van der Waals surface area contributed by atoms with Crippen LogP contribution in [0.1, 0.15) is 53.9 Å². The third kappa shape index (κ3) is 6.22. The lowest BCUT2D eigenvalue weighted by molar-refractivity contribution is 0.0323. The van der Waals surface area contributed by atoms with Crippen LogP contribution in [0, 0.1) is 0 Å². The Labute approximate surface area is 237 Å². The number of amides is 1. The molecule has 0 atom stereocenters. The second-order valence-electron chi connectivity index (χ2n) is 11.0. The first-order valence-electron chi connectivity index (χ1n) is 14.7. The smallest absolute Gasteiger partial charge is 0.255 e. The van der Waals surface area contributed by atoms with Crippen molar-refractivity contribution in [2.75, 3.05) is 44.8 Å². The molecule has 0 radical (unpaired) electrons. The first-order chi connectivity index (χ1) is 19.7. The summed E-state index contributed by atoms with van der Waals surface area (Å²) >= 11 is 0. The van der Waals surface area contributed by atoms with E-state index in [2.05, 4.69) is 40.5 Å². The van der Waals surface area contributed by atoms with Crippen LogP contribution in [0.2, 0.25) is 0 Å². The van der Waals surface area contributed by atoms with Gasteiger partial charge in [0.05, 0.1) is 13.2 Å². The minimum Gasteiger partial charge on any atom is -0.492 e. The van der Waals surface area contributed by atoms with Crippen molar-refractivity contribution in [2.24, 2.45) is 0 Å². The molecule has 1 saturated heterocycles. The highest BCUT2D eigenvalue weighted by molar-refractivity contribution is 6.10. The van der Waals surface area contributed by atoms with Crippen LogP contribution in [0.15, 0.2) is 84.9 Å². The number of benzene rings is 4. The Kier molecular flexibility index (Phi) is 8.41. The maximum absolute atomic E-state index is 13.4. The second-order valence-corrected chi connectivity index (χ2v) is 11.0. The molecule has 1 amide bonds. The molecule has 5 nitrogen and oxygen atoms in total. The standard InChI is InChI=1S/C35H38N2O3/c38-35(30-10-6-9-29(25-30)28-15-13-27(14-16-28)26-7-2-1-3-8-26)36-33-17-18-34(32-12-5-4-11-31(32)33)40-24-21-37-19-22-39-23-20-37/h4-6,9-18,25-26H,1-3,7-8,19-24H2,(H,36,38). The predicted molar refractivity (Wildman–Crippen MR) is 162 cm³/mol. The molecular formula is C35H38N2O3. The maximum atomic E-state index is 13.4. The summed E-state index contributed by atoms with van der Waals surface area (Å²) in [6.45, 7) is 4.95. The molecule has 2 fully saturated rings. The highest BCUT2D eigenvalue weighted by atomic mass is 16.5. The van der Waals surface area contributed by atoms with E-state index >= 15 is 0 Å². The van der Waals surface area contributed by atoms with Crippen molar-refractivity contribution in [3.8, 4) is 16.9 Å². The average Bonchev–Trinajstić information content (AvgIpc) is 3.03. The summed E-state index contributed by atoms with van der Waals surface area (Å²) in [5, 5.41) is 5.11. The van der Waals surface area contributed by atoms with Crippen LogP contribution in [0.3, 0.4) is 0 Å². The average molecular weight is 535 g/mol. The van der Waals surface area contributed by atoms with Crippen molar-refractivity contribution < 1.29 is 14.3 Å². The van der Waals surface area contributed by atoms with Gasteiger partial charge in [0.1, 0.15) is 12.4 Å². The number of hydrogen-bond acceptors (Lipinski definition) is 4. The summed E-state index contributed by atoms with van der Waals surface area (Å²) in [6, 6.07) is 28.8. The summed E-state index contributed by atoms with van der Waals surface area (Å²) in [7, 11) is 0. The quantitative estimate of drug-likeness (QED) is 0.254. The van der Waals surface area contributed by atoms with Gasteiger partial charge in [-0.2, -0.15) is 0 Å². The van der Waals surface area contributed by atoms with Crippen LogP contribution in [0.5, 0.6) is 5.75 Å². The van der Waals surface area contributed by atoms with Crippen molar-refractivity contribution in [2.45, 2.75) is 38.0 Å². The number of carbonyl (C=O) groups is 1. The molecular weight excluding hydrogens is 496 g/mol. The summed E-state index contributed by atoms with van der Waals surface area (Å²) < 4.78 is 11.6. The molecule has 1 N–H and O–H groups in total. The van der Waals surface area contributed by atoms with E-state index in [1.165, 1.54) is 37.7 Å². The molecule has 1 saturated carbocycles. The summed E-state index contributed by atoms with van der Waals surface area (Å²) in [5.74, 6) is 1.41. The zero-order valence-electron chi connectivity index (χ0n) is 23.1. The van der Waals surface area contributed by atoms with Crippen LogP contribution in [0.25, 0.3) is 21.9 Å². The lowest BCUT2D eigenvalue weighted by atomic mass is 9.83. The van der Waals surface area contributed by atoms with E-state index in [-0.39, 0.29) is 5.91 Å². The van der Waals surface area contributed by atoms with E-state index in [9.17, 15) is 4.79 Å². The topological polar surface area (TPSA) is 50.8 Å². The number of morpholine rings is 1. The van der Waals surface area contributed by atoms with Crippen molar-refractivity contribution in [3.05, 3.63) is 96.1 Å². The molecule has 4 aromatic carbocycles. The first-order valence-corrected chi connectivity index (χ1v) is 14.7. The molecule has 0 unspecified atom stereocenters. The fraction of sp³-hybridized carbons (Fsp3) is 0.343. The number of ether oxygens (including phenoxy) is 2. The first kappa shape index (κ1) is 26.5. The lowest BCUT2D eigenvalue weighted by Crippen LogP contribution is -2.38. The minimum atomic E-state index is -0.119. The lowest BCUT2D eigenvalue weighted by Gasteiger charge is -2.26. The molecule has 6 rings (SSSR count). The molecule has 0 spiro atoms. The fourth-order valence-electron chi connectivity index (χ4n) is 6.03. The van der Waals surface area contributed by atoms with Gasteiger partial charge in [0.15, 0.2) is 0 Å². The molecule has 0 bridgehead atoms. The van der Waals surface area contributed by atoms with E-state index in [1.807, 2.05) is 54.6 Å². The van der Waals surface area contributed by atoms with Gasteiger partial charge in [0.2, 0.25) is 0 Å². The molecule has 206 valence electrons. The van der Waals surface area contributed by atoms with Gasteiger partial charge in [0.25, 0.3) is 5.91 Å². The zero-order valence-corrected chi connectivity index (χ0v) is 23.1. The highest BCUT2D eigenvalue weighted by Crippen LogP contribution is 2.34. The molecule has 2 aliphatic rings. The van der Waals surface area contributed by atoms with E-state index in [0.29, 0.717) is 18.1 Å². The van der Waals surface area contributed by atoms with Gasteiger partial charge >= 0.3 is 0 Å². The van der Waals surface area contributed by atoms with Gasteiger partial charge in [-0.1, -0.05) is 79.9 Å². The number of rotatable bonds is 8. The molecule has 5 heteroatoms.